The number of nitrogens with one attached hydrogen (secondary N) is 1. The van der Waals surface area contributed by atoms with Gasteiger partial charge in [-0.15, -0.1) is 0 Å². The maximum atomic E-state index is 12.9. The molecule has 6 nitrogen and oxygen atoms in total. The molecule has 2 bridgehead atoms. The summed E-state index contributed by atoms with van der Waals surface area (Å²) in [7, 11) is 0. The zero-order valence-electron chi connectivity index (χ0n) is 20.6. The van der Waals surface area contributed by atoms with Gasteiger partial charge in [0.2, 0.25) is 11.8 Å². The highest BCUT2D eigenvalue weighted by Crippen LogP contribution is 2.27. The molecule has 2 aliphatic heterocycles. The Morgan fingerprint density at radius 3 is 2.31 bits per heavy atom. The minimum absolute atomic E-state index is 0.0396. The molecular weight excluding hydrogens is 436 g/mol. The lowest BCUT2D eigenvalue weighted by Gasteiger charge is -2.40. The lowest BCUT2D eigenvalue weighted by Crippen LogP contribution is -2.47. The average Bonchev–Trinajstić information content (AvgIpc) is 2.90. The molecule has 2 aromatic rings. The topological polar surface area (TPSA) is 55.9 Å². The maximum absolute atomic E-state index is 12.9. The van der Waals surface area contributed by atoms with E-state index >= 15 is 0 Å². The van der Waals surface area contributed by atoms with Gasteiger partial charge in [-0.3, -0.25) is 19.4 Å². The van der Waals surface area contributed by atoms with Gasteiger partial charge >= 0.3 is 0 Å². The molecule has 0 aliphatic carbocycles. The first-order valence-electron chi connectivity index (χ1n) is 13.0. The van der Waals surface area contributed by atoms with Gasteiger partial charge in [0.1, 0.15) is 0 Å². The van der Waals surface area contributed by atoms with E-state index in [4.69, 9.17) is 0 Å². The number of amides is 2. The third-order valence-electron chi connectivity index (χ3n) is 6.91. The Morgan fingerprint density at radius 2 is 1.51 bits per heavy atom. The van der Waals surface area contributed by atoms with Crippen LogP contribution in [0.3, 0.4) is 0 Å². The van der Waals surface area contributed by atoms with Gasteiger partial charge < -0.3 is 10.2 Å². The summed E-state index contributed by atoms with van der Waals surface area (Å²) in [6.45, 7) is 5.98. The average molecular weight is 475 g/mol. The summed E-state index contributed by atoms with van der Waals surface area (Å²) in [6, 6.07) is 20.4. The normalized spacial score (nSPS) is 24.9. The van der Waals surface area contributed by atoms with Gasteiger partial charge in [0.15, 0.2) is 0 Å². The van der Waals surface area contributed by atoms with Gasteiger partial charge in [-0.2, -0.15) is 0 Å². The molecule has 2 aromatic carbocycles. The Labute approximate surface area is 209 Å². The molecule has 0 radical (unpaired) electrons. The van der Waals surface area contributed by atoms with Crippen LogP contribution in [0.5, 0.6) is 0 Å². The van der Waals surface area contributed by atoms with Crippen LogP contribution in [0.2, 0.25) is 0 Å². The van der Waals surface area contributed by atoms with Crippen molar-refractivity contribution in [3.63, 3.8) is 0 Å². The molecular formula is C29H38N4O2. The smallest absolute Gasteiger partial charge is 0.246 e. The Balaban J connectivity index is 1.42. The highest BCUT2D eigenvalue weighted by molar-refractivity contribution is 5.91. The molecule has 0 saturated carbocycles. The SMILES string of the molecule is O=C1C[C@H](c2ccccc2)N2CCCN(CCCCN(C(=O)C=Cc3ccccc3)CCCN1)C2. The van der Waals surface area contributed by atoms with Crippen molar-refractivity contribution in [1.29, 1.82) is 0 Å². The second-order valence-corrected chi connectivity index (χ2v) is 9.54. The third kappa shape index (κ3) is 7.77. The van der Waals surface area contributed by atoms with E-state index in [9.17, 15) is 9.59 Å². The predicted molar refractivity (Wildman–Crippen MR) is 140 cm³/mol. The highest BCUT2D eigenvalue weighted by Gasteiger charge is 2.27. The molecule has 2 unspecified atom stereocenters. The van der Waals surface area contributed by atoms with Gasteiger partial charge in [-0.25, -0.2) is 0 Å². The molecule has 2 saturated heterocycles. The van der Waals surface area contributed by atoms with E-state index in [1.807, 2.05) is 47.4 Å². The van der Waals surface area contributed by atoms with Crippen molar-refractivity contribution in [3.8, 4) is 0 Å². The van der Waals surface area contributed by atoms with Crippen molar-refractivity contribution in [2.24, 2.45) is 0 Å². The van der Waals surface area contributed by atoms with Crippen LogP contribution in [-0.2, 0) is 9.59 Å². The summed E-state index contributed by atoms with van der Waals surface area (Å²) in [5.74, 6) is 0.116. The molecule has 35 heavy (non-hydrogen) atoms. The first kappa shape index (κ1) is 25.1. The lowest BCUT2D eigenvalue weighted by atomic mass is 10.0. The van der Waals surface area contributed by atoms with Crippen LogP contribution in [-0.4, -0.2) is 72.5 Å². The summed E-state index contributed by atoms with van der Waals surface area (Å²) < 4.78 is 0. The molecule has 2 amide bonds. The molecule has 2 heterocycles. The van der Waals surface area contributed by atoms with Crippen LogP contribution in [0.4, 0.5) is 0 Å². The van der Waals surface area contributed by atoms with Crippen molar-refractivity contribution < 1.29 is 9.59 Å². The predicted octanol–water partition coefficient (Wildman–Crippen LogP) is 3.93. The van der Waals surface area contributed by atoms with Crippen molar-refractivity contribution in [3.05, 3.63) is 77.9 Å². The summed E-state index contributed by atoms with van der Waals surface area (Å²) in [6.07, 6.45) is 7.92. The number of carbonyl (C=O) groups is 2. The first-order chi connectivity index (χ1) is 17.2. The highest BCUT2D eigenvalue weighted by atomic mass is 16.2. The molecule has 0 aromatic heterocycles. The lowest BCUT2D eigenvalue weighted by molar-refractivity contribution is -0.126. The van der Waals surface area contributed by atoms with Crippen LogP contribution < -0.4 is 5.32 Å². The van der Waals surface area contributed by atoms with Gasteiger partial charge in [0, 0.05) is 51.3 Å². The molecule has 0 spiro atoms. The number of fused-ring (bicyclic) bond motifs is 2. The van der Waals surface area contributed by atoms with E-state index in [1.54, 1.807) is 6.08 Å². The Hall–Kier alpha value is -2.96. The monoisotopic (exact) mass is 474 g/mol. The summed E-state index contributed by atoms with van der Waals surface area (Å²) in [5, 5.41) is 3.11. The Kier molecular flexibility index (Phi) is 9.49. The van der Waals surface area contributed by atoms with Crippen LogP contribution in [0, 0.1) is 0 Å². The molecule has 2 aliphatic rings. The van der Waals surface area contributed by atoms with Crippen LogP contribution in [0.15, 0.2) is 66.7 Å². The van der Waals surface area contributed by atoms with Crippen molar-refractivity contribution in [2.75, 3.05) is 45.9 Å². The van der Waals surface area contributed by atoms with E-state index in [0.29, 0.717) is 19.5 Å². The van der Waals surface area contributed by atoms with Crippen molar-refractivity contribution in [1.82, 2.24) is 20.0 Å². The molecule has 4 rings (SSSR count). The number of hydrogen-bond donors (Lipinski definition) is 1. The van der Waals surface area contributed by atoms with E-state index in [-0.39, 0.29) is 17.9 Å². The number of hydrogen-bond acceptors (Lipinski definition) is 4. The van der Waals surface area contributed by atoms with Crippen LogP contribution in [0.1, 0.15) is 49.3 Å². The molecule has 6 heteroatoms. The number of benzene rings is 2. The Bertz CT molecular complexity index is 963. The van der Waals surface area contributed by atoms with E-state index in [1.165, 1.54) is 5.56 Å². The van der Waals surface area contributed by atoms with Gasteiger partial charge in [0.25, 0.3) is 0 Å². The fourth-order valence-corrected chi connectivity index (χ4v) is 5.02. The Morgan fingerprint density at radius 1 is 0.829 bits per heavy atom. The van der Waals surface area contributed by atoms with Gasteiger partial charge in [0.05, 0.1) is 6.67 Å². The van der Waals surface area contributed by atoms with Gasteiger partial charge in [-0.05, 0) is 49.4 Å². The molecule has 3 atom stereocenters. The van der Waals surface area contributed by atoms with Crippen molar-refractivity contribution >= 4 is 17.9 Å². The minimum Gasteiger partial charge on any atom is -0.356 e. The molecule has 1 N–H and O–H groups in total. The van der Waals surface area contributed by atoms with Gasteiger partial charge in [-0.1, -0.05) is 60.7 Å². The van der Waals surface area contributed by atoms with E-state index in [2.05, 4.69) is 39.4 Å². The molecule has 186 valence electrons. The fourth-order valence-electron chi connectivity index (χ4n) is 5.02. The van der Waals surface area contributed by atoms with E-state index in [0.717, 1.165) is 64.1 Å². The zero-order valence-corrected chi connectivity index (χ0v) is 20.6. The first-order valence-corrected chi connectivity index (χ1v) is 13.0. The zero-order chi connectivity index (χ0) is 24.3. The summed E-state index contributed by atoms with van der Waals surface area (Å²) >= 11 is 0. The quantitative estimate of drug-likeness (QED) is 0.685. The van der Waals surface area contributed by atoms with E-state index < -0.39 is 0 Å². The largest absolute Gasteiger partial charge is 0.356 e. The number of rotatable bonds is 3. The number of nitrogens with zero attached hydrogens (tertiary/aromatic N) is 3. The second-order valence-electron chi connectivity index (χ2n) is 9.54. The standard InChI is InChI=1S/C29H38N4O2/c34-28-23-27(26-13-5-2-6-14-26)33-22-10-19-31(24-33)18-7-8-20-32(21-9-17-30-28)29(35)16-15-25-11-3-1-4-12-25/h1-6,11-16,27H,7-10,17-24H2,(H,30,34)/t27-/m1/s1. The summed E-state index contributed by atoms with van der Waals surface area (Å²) in [4.78, 5) is 32.7. The second kappa shape index (κ2) is 13.2. The minimum atomic E-state index is 0.0396. The van der Waals surface area contributed by atoms with Crippen LogP contribution in [0.25, 0.3) is 6.08 Å². The molecule has 2 fully saturated rings. The summed E-state index contributed by atoms with van der Waals surface area (Å²) in [5.41, 5.74) is 2.23. The third-order valence-corrected chi connectivity index (χ3v) is 6.91. The maximum Gasteiger partial charge on any atom is 0.246 e. The number of carbonyl (C=O) groups excluding carboxylic acids is 2. The van der Waals surface area contributed by atoms with Crippen molar-refractivity contribution in [2.45, 2.75) is 38.1 Å². The van der Waals surface area contributed by atoms with Crippen LogP contribution >= 0.6 is 0 Å². The fraction of sp³-hybridized carbons (Fsp3) is 0.448.